The van der Waals surface area contributed by atoms with Gasteiger partial charge in [0.1, 0.15) is 5.82 Å². The van der Waals surface area contributed by atoms with E-state index in [0.29, 0.717) is 40.3 Å². The Morgan fingerprint density at radius 2 is 1.80 bits per heavy atom. The lowest BCUT2D eigenvalue weighted by Crippen LogP contribution is -2.36. The first-order chi connectivity index (χ1) is 16.8. The number of carbonyl (C=O) groups is 2. The summed E-state index contributed by atoms with van der Waals surface area (Å²) in [6, 6.07) is 10.2. The molecule has 2 aromatic rings. The lowest BCUT2D eigenvalue weighted by Gasteiger charge is -2.36. The number of allylic oxidation sites excluding steroid dienone is 3. The van der Waals surface area contributed by atoms with Gasteiger partial charge in [-0.1, -0.05) is 12.1 Å². The number of ether oxygens (including phenoxy) is 3. The fourth-order valence-electron chi connectivity index (χ4n) is 4.89. The number of benzene rings is 2. The van der Waals surface area contributed by atoms with E-state index in [1.165, 1.54) is 6.07 Å². The van der Waals surface area contributed by atoms with Crippen LogP contribution in [0.2, 0.25) is 0 Å². The van der Waals surface area contributed by atoms with E-state index in [1.807, 2.05) is 18.2 Å². The average molecular weight is 544 g/mol. The summed E-state index contributed by atoms with van der Waals surface area (Å²) < 4.78 is 30.4. The van der Waals surface area contributed by atoms with Crippen LogP contribution in [0, 0.1) is 5.82 Å². The van der Waals surface area contributed by atoms with Gasteiger partial charge in [0.05, 0.1) is 30.9 Å². The Balaban J connectivity index is 1.79. The molecule has 0 fully saturated rings. The van der Waals surface area contributed by atoms with Crippen LogP contribution < -0.4 is 14.8 Å². The van der Waals surface area contributed by atoms with Crippen LogP contribution in [0.3, 0.4) is 0 Å². The molecule has 2 aliphatic rings. The Kier molecular flexibility index (Phi) is 7.31. The van der Waals surface area contributed by atoms with E-state index >= 15 is 0 Å². The zero-order valence-corrected chi connectivity index (χ0v) is 21.6. The van der Waals surface area contributed by atoms with Crippen molar-refractivity contribution in [3.8, 4) is 11.5 Å². The molecule has 4 rings (SSSR count). The van der Waals surface area contributed by atoms with Crippen molar-refractivity contribution in [1.29, 1.82) is 0 Å². The second kappa shape index (κ2) is 10.2. The van der Waals surface area contributed by atoms with Gasteiger partial charge in [-0.2, -0.15) is 0 Å². The number of hydrogen-bond acceptors (Lipinski definition) is 6. The van der Waals surface area contributed by atoms with Gasteiger partial charge < -0.3 is 19.5 Å². The van der Waals surface area contributed by atoms with Gasteiger partial charge in [-0.3, -0.25) is 4.79 Å². The molecule has 0 radical (unpaired) electrons. The maximum atomic E-state index is 14.0. The highest BCUT2D eigenvalue weighted by Gasteiger charge is 2.41. The third-order valence-corrected chi connectivity index (χ3v) is 7.09. The number of Topliss-reactive ketones (excluding diaryl/α,β-unsaturated/α-hetero) is 1. The highest BCUT2D eigenvalue weighted by molar-refractivity contribution is 9.10. The van der Waals surface area contributed by atoms with Crippen molar-refractivity contribution in [3.05, 3.63) is 80.4 Å². The van der Waals surface area contributed by atoms with Crippen LogP contribution in [0.4, 0.5) is 4.39 Å². The second-order valence-electron chi connectivity index (χ2n) is 8.53. The molecule has 1 heterocycles. The number of rotatable bonds is 6. The molecule has 1 aliphatic heterocycles. The van der Waals surface area contributed by atoms with Gasteiger partial charge >= 0.3 is 5.97 Å². The third kappa shape index (κ3) is 4.72. The molecule has 8 heteroatoms. The Bertz CT molecular complexity index is 1250. The average Bonchev–Trinajstić information content (AvgIpc) is 2.84. The molecule has 0 amide bonds. The first-order valence-corrected chi connectivity index (χ1v) is 12.2. The summed E-state index contributed by atoms with van der Waals surface area (Å²) in [4.78, 5) is 26.6. The van der Waals surface area contributed by atoms with Gasteiger partial charge in [-0.05, 0) is 77.5 Å². The molecule has 2 aromatic carbocycles. The predicted octanol–water partition coefficient (Wildman–Crippen LogP) is 5.53. The number of methoxy groups -OCH3 is 2. The molecule has 2 atom stereocenters. The maximum absolute atomic E-state index is 14.0. The van der Waals surface area contributed by atoms with Gasteiger partial charge in [-0.25, -0.2) is 9.18 Å². The van der Waals surface area contributed by atoms with Gasteiger partial charge in [0.25, 0.3) is 0 Å². The van der Waals surface area contributed by atoms with Crippen molar-refractivity contribution < 1.29 is 28.2 Å². The van der Waals surface area contributed by atoms with E-state index in [4.69, 9.17) is 14.2 Å². The number of hydrogen-bond donors (Lipinski definition) is 1. The Morgan fingerprint density at radius 3 is 2.46 bits per heavy atom. The SMILES string of the molecule is CCOC(=O)C1=C(C)NC2=C(C(=O)C[C@H](c3ccc(OC)c(OC)c3)C2)[C@@H]1c1ccc(F)c(Br)c1. The van der Waals surface area contributed by atoms with Crippen molar-refractivity contribution in [2.75, 3.05) is 20.8 Å². The lowest BCUT2D eigenvalue weighted by molar-refractivity contribution is -0.138. The molecular weight excluding hydrogens is 517 g/mol. The number of nitrogens with one attached hydrogen (secondary N) is 1. The molecule has 184 valence electrons. The Labute approximate surface area is 212 Å². The van der Waals surface area contributed by atoms with Crippen LogP contribution >= 0.6 is 15.9 Å². The topological polar surface area (TPSA) is 73.9 Å². The fraction of sp³-hybridized carbons (Fsp3) is 0.333. The molecule has 1 N–H and O–H groups in total. The molecule has 6 nitrogen and oxygen atoms in total. The molecule has 0 saturated carbocycles. The van der Waals surface area contributed by atoms with E-state index in [2.05, 4.69) is 21.2 Å². The van der Waals surface area contributed by atoms with Gasteiger partial charge in [0, 0.05) is 29.3 Å². The minimum absolute atomic E-state index is 0.0710. The maximum Gasteiger partial charge on any atom is 0.336 e. The van der Waals surface area contributed by atoms with Crippen LogP contribution in [0.1, 0.15) is 49.7 Å². The summed E-state index contributed by atoms with van der Waals surface area (Å²) in [6.07, 6.45) is 0.840. The van der Waals surface area contributed by atoms with Gasteiger partial charge in [0.2, 0.25) is 0 Å². The van der Waals surface area contributed by atoms with Crippen molar-refractivity contribution in [3.63, 3.8) is 0 Å². The predicted molar refractivity (Wildman–Crippen MR) is 133 cm³/mol. The summed E-state index contributed by atoms with van der Waals surface area (Å²) in [7, 11) is 3.16. The van der Waals surface area contributed by atoms with E-state index in [0.717, 1.165) is 11.3 Å². The van der Waals surface area contributed by atoms with Crippen molar-refractivity contribution >= 4 is 27.7 Å². The molecular formula is C27H27BrFNO5. The molecule has 0 bridgehead atoms. The molecule has 0 aromatic heterocycles. The largest absolute Gasteiger partial charge is 0.493 e. The number of carbonyl (C=O) groups excluding carboxylic acids is 2. The quantitative estimate of drug-likeness (QED) is 0.483. The van der Waals surface area contributed by atoms with Crippen molar-refractivity contribution in [1.82, 2.24) is 5.32 Å². The smallest absolute Gasteiger partial charge is 0.336 e. The highest BCUT2D eigenvalue weighted by Crippen LogP contribution is 2.47. The van der Waals surface area contributed by atoms with Gasteiger partial charge in [0.15, 0.2) is 17.3 Å². The summed E-state index contributed by atoms with van der Waals surface area (Å²) in [5.74, 6) is -0.494. The summed E-state index contributed by atoms with van der Waals surface area (Å²) in [5.41, 5.74) is 3.87. The molecule has 0 spiro atoms. The van der Waals surface area contributed by atoms with Gasteiger partial charge in [-0.15, -0.1) is 0 Å². The minimum Gasteiger partial charge on any atom is -0.493 e. The van der Waals surface area contributed by atoms with Crippen LogP contribution in [0.15, 0.2) is 63.4 Å². The lowest BCUT2D eigenvalue weighted by atomic mass is 9.71. The summed E-state index contributed by atoms with van der Waals surface area (Å²) >= 11 is 3.24. The minimum atomic E-state index is -0.652. The van der Waals surface area contributed by atoms with E-state index in [9.17, 15) is 14.0 Å². The first kappa shape index (κ1) is 25.0. The third-order valence-electron chi connectivity index (χ3n) is 6.48. The molecule has 0 unspecified atom stereocenters. The van der Waals surface area contributed by atoms with E-state index < -0.39 is 17.7 Å². The zero-order chi connectivity index (χ0) is 25.3. The van der Waals surface area contributed by atoms with E-state index in [1.54, 1.807) is 40.2 Å². The number of esters is 1. The summed E-state index contributed by atoms with van der Waals surface area (Å²) in [5, 5.41) is 3.31. The van der Waals surface area contributed by atoms with Crippen LogP contribution in [0.5, 0.6) is 11.5 Å². The van der Waals surface area contributed by atoms with Crippen LogP contribution in [-0.4, -0.2) is 32.6 Å². The monoisotopic (exact) mass is 543 g/mol. The fourth-order valence-corrected chi connectivity index (χ4v) is 5.28. The second-order valence-corrected chi connectivity index (χ2v) is 9.38. The highest BCUT2D eigenvalue weighted by atomic mass is 79.9. The molecule has 0 saturated heterocycles. The molecule has 1 aliphatic carbocycles. The van der Waals surface area contributed by atoms with Crippen LogP contribution in [-0.2, 0) is 14.3 Å². The van der Waals surface area contributed by atoms with Crippen molar-refractivity contribution in [2.45, 2.75) is 38.5 Å². The Morgan fingerprint density at radius 1 is 1.09 bits per heavy atom. The normalized spacial score (nSPS) is 19.8. The van der Waals surface area contributed by atoms with Crippen LogP contribution in [0.25, 0.3) is 0 Å². The Hall–Kier alpha value is -3.13. The molecule has 35 heavy (non-hydrogen) atoms. The summed E-state index contributed by atoms with van der Waals surface area (Å²) in [6.45, 7) is 3.74. The number of ketones is 1. The number of halogens is 2. The zero-order valence-electron chi connectivity index (χ0n) is 20.0. The van der Waals surface area contributed by atoms with Crippen molar-refractivity contribution in [2.24, 2.45) is 0 Å². The standard InChI is InChI=1S/C27H27BrFNO5/c1-5-35-27(32)24-14(2)30-20-11-17(15-7-9-22(33-3)23(13-15)34-4)12-21(31)26(20)25(24)16-6-8-19(29)18(28)10-16/h6-10,13,17,25,30H,5,11-12H2,1-4H3/t17-,25-/m1/s1. The first-order valence-electron chi connectivity index (χ1n) is 11.4. The number of dihydropyridines is 1. The van der Waals surface area contributed by atoms with E-state index in [-0.39, 0.29) is 29.2 Å².